The number of carbonyl (C=O) groups is 2. The van der Waals surface area contributed by atoms with Gasteiger partial charge in [0, 0.05) is 30.7 Å². The van der Waals surface area contributed by atoms with Crippen LogP contribution >= 0.6 is 0 Å². The third-order valence-electron chi connectivity index (χ3n) is 2.60. The maximum absolute atomic E-state index is 11.7. The molecule has 0 saturated carbocycles. The van der Waals surface area contributed by atoms with Gasteiger partial charge in [0.2, 0.25) is 0 Å². The van der Waals surface area contributed by atoms with Gasteiger partial charge in [-0.2, -0.15) is 0 Å². The van der Waals surface area contributed by atoms with Gasteiger partial charge >= 0.3 is 0 Å². The lowest BCUT2D eigenvalue weighted by Gasteiger charge is -2.15. The van der Waals surface area contributed by atoms with Gasteiger partial charge in [-0.25, -0.2) is 0 Å². The molecule has 0 fully saturated rings. The van der Waals surface area contributed by atoms with Crippen molar-refractivity contribution in [3.63, 3.8) is 0 Å². The molecule has 0 aliphatic heterocycles. The van der Waals surface area contributed by atoms with Crippen LogP contribution in [0.5, 0.6) is 0 Å². The van der Waals surface area contributed by atoms with Crippen LogP contribution in [-0.2, 0) is 9.59 Å². The fourth-order valence-corrected chi connectivity index (χ4v) is 1.36. The molecule has 1 aromatic rings. The molecule has 0 atom stereocenters. The Morgan fingerprint density at radius 3 is 2.33 bits per heavy atom. The van der Waals surface area contributed by atoms with Gasteiger partial charge in [0.25, 0.3) is 0 Å². The maximum atomic E-state index is 11.7. The highest BCUT2D eigenvalue weighted by Gasteiger charge is 2.20. The molecule has 3 nitrogen and oxygen atoms in total. The number of aromatic nitrogens is 1. The summed E-state index contributed by atoms with van der Waals surface area (Å²) in [7, 11) is 0. The Labute approximate surface area is 108 Å². The van der Waals surface area contributed by atoms with Crippen LogP contribution in [0.4, 0.5) is 0 Å². The van der Waals surface area contributed by atoms with E-state index >= 15 is 0 Å². The van der Waals surface area contributed by atoms with Crippen LogP contribution in [0.3, 0.4) is 0 Å². The SMILES string of the molecule is CC(C)(C)C(=O)CCC(=O)/C=C/c1ccncc1. The highest BCUT2D eigenvalue weighted by molar-refractivity contribution is 5.96. The second kappa shape index (κ2) is 6.24. The molecule has 0 radical (unpaired) electrons. The van der Waals surface area contributed by atoms with E-state index in [0.29, 0.717) is 6.42 Å². The number of pyridine rings is 1. The van der Waals surface area contributed by atoms with E-state index in [-0.39, 0.29) is 23.4 Å². The van der Waals surface area contributed by atoms with Crippen molar-refractivity contribution in [1.82, 2.24) is 4.98 Å². The van der Waals surface area contributed by atoms with Crippen molar-refractivity contribution in [1.29, 1.82) is 0 Å². The van der Waals surface area contributed by atoms with E-state index in [0.717, 1.165) is 5.56 Å². The molecule has 0 aliphatic rings. The van der Waals surface area contributed by atoms with Crippen molar-refractivity contribution in [3.8, 4) is 0 Å². The van der Waals surface area contributed by atoms with Gasteiger partial charge in [-0.3, -0.25) is 14.6 Å². The minimum Gasteiger partial charge on any atom is -0.299 e. The lowest BCUT2D eigenvalue weighted by Crippen LogP contribution is -2.20. The van der Waals surface area contributed by atoms with Crippen LogP contribution in [0, 0.1) is 5.41 Å². The summed E-state index contributed by atoms with van der Waals surface area (Å²) in [6, 6.07) is 3.65. The molecule has 1 heterocycles. The Morgan fingerprint density at radius 2 is 1.78 bits per heavy atom. The molecule has 0 spiro atoms. The largest absolute Gasteiger partial charge is 0.299 e. The van der Waals surface area contributed by atoms with Gasteiger partial charge in [0.05, 0.1) is 0 Å². The summed E-state index contributed by atoms with van der Waals surface area (Å²) in [5.41, 5.74) is 0.565. The van der Waals surface area contributed by atoms with E-state index in [4.69, 9.17) is 0 Å². The number of nitrogens with zero attached hydrogens (tertiary/aromatic N) is 1. The summed E-state index contributed by atoms with van der Waals surface area (Å²) >= 11 is 0. The molecule has 1 rings (SSSR count). The lowest BCUT2D eigenvalue weighted by atomic mass is 9.88. The zero-order chi connectivity index (χ0) is 13.6. The lowest BCUT2D eigenvalue weighted by molar-refractivity contribution is -0.128. The van der Waals surface area contributed by atoms with Gasteiger partial charge in [0.15, 0.2) is 5.78 Å². The highest BCUT2D eigenvalue weighted by Crippen LogP contribution is 2.17. The number of carbonyl (C=O) groups excluding carboxylic acids is 2. The molecular weight excluding hydrogens is 226 g/mol. The summed E-state index contributed by atoms with van der Waals surface area (Å²) in [6.07, 6.45) is 7.19. The van der Waals surface area contributed by atoms with Crippen LogP contribution in [0.2, 0.25) is 0 Å². The molecule has 0 amide bonds. The summed E-state index contributed by atoms with van der Waals surface area (Å²) in [5.74, 6) is 0.0950. The number of allylic oxidation sites excluding steroid dienone is 1. The summed E-state index contributed by atoms with van der Waals surface area (Å²) in [5, 5.41) is 0. The van der Waals surface area contributed by atoms with Crippen molar-refractivity contribution in [3.05, 3.63) is 36.2 Å². The van der Waals surface area contributed by atoms with E-state index in [1.54, 1.807) is 18.5 Å². The molecule has 0 aliphatic carbocycles. The van der Waals surface area contributed by atoms with Crippen LogP contribution in [0.25, 0.3) is 6.08 Å². The monoisotopic (exact) mass is 245 g/mol. The summed E-state index contributed by atoms with van der Waals surface area (Å²) in [6.45, 7) is 5.60. The average Bonchev–Trinajstić information content (AvgIpc) is 2.33. The standard InChI is InChI=1S/C15H19NO2/c1-15(2,3)14(18)7-6-13(17)5-4-12-8-10-16-11-9-12/h4-5,8-11H,6-7H2,1-3H3/b5-4+. The van der Waals surface area contributed by atoms with E-state index in [9.17, 15) is 9.59 Å². The van der Waals surface area contributed by atoms with Gasteiger partial charge in [0.1, 0.15) is 5.78 Å². The first-order valence-corrected chi connectivity index (χ1v) is 6.04. The minimum absolute atomic E-state index is 0.0237. The first-order chi connectivity index (χ1) is 8.39. The Morgan fingerprint density at radius 1 is 1.17 bits per heavy atom. The Bertz CT molecular complexity index is 441. The van der Waals surface area contributed by atoms with Gasteiger partial charge < -0.3 is 0 Å². The van der Waals surface area contributed by atoms with Crippen LogP contribution in [-0.4, -0.2) is 16.6 Å². The smallest absolute Gasteiger partial charge is 0.156 e. The molecule has 1 aromatic heterocycles. The van der Waals surface area contributed by atoms with Crippen molar-refractivity contribution in [2.45, 2.75) is 33.6 Å². The molecule has 0 aromatic carbocycles. The average molecular weight is 245 g/mol. The maximum Gasteiger partial charge on any atom is 0.156 e. The number of hydrogen-bond acceptors (Lipinski definition) is 3. The zero-order valence-corrected chi connectivity index (χ0v) is 11.1. The van der Waals surface area contributed by atoms with Crippen molar-refractivity contribution >= 4 is 17.6 Å². The van der Waals surface area contributed by atoms with Gasteiger partial charge in [-0.15, -0.1) is 0 Å². The Kier molecular flexibility index (Phi) is 4.95. The van der Waals surface area contributed by atoms with Crippen LogP contribution in [0.1, 0.15) is 39.2 Å². The third kappa shape index (κ3) is 5.04. The van der Waals surface area contributed by atoms with E-state index in [2.05, 4.69) is 4.98 Å². The van der Waals surface area contributed by atoms with E-state index in [1.165, 1.54) is 6.08 Å². The molecule has 18 heavy (non-hydrogen) atoms. The normalized spacial score (nSPS) is 11.7. The van der Waals surface area contributed by atoms with E-state index < -0.39 is 0 Å². The fourth-order valence-electron chi connectivity index (χ4n) is 1.36. The number of hydrogen-bond donors (Lipinski definition) is 0. The number of rotatable bonds is 5. The topological polar surface area (TPSA) is 47.0 Å². The second-order valence-corrected chi connectivity index (χ2v) is 5.25. The molecule has 0 saturated heterocycles. The zero-order valence-electron chi connectivity index (χ0n) is 11.1. The third-order valence-corrected chi connectivity index (χ3v) is 2.60. The molecule has 0 N–H and O–H groups in total. The quantitative estimate of drug-likeness (QED) is 0.749. The van der Waals surface area contributed by atoms with Crippen molar-refractivity contribution in [2.75, 3.05) is 0 Å². The fraction of sp³-hybridized carbons (Fsp3) is 0.400. The van der Waals surface area contributed by atoms with E-state index in [1.807, 2.05) is 32.9 Å². The molecule has 0 bridgehead atoms. The van der Waals surface area contributed by atoms with Crippen molar-refractivity contribution < 1.29 is 9.59 Å². The molecule has 3 heteroatoms. The number of ketones is 2. The summed E-state index contributed by atoms with van der Waals surface area (Å²) < 4.78 is 0. The Hall–Kier alpha value is -1.77. The van der Waals surface area contributed by atoms with Crippen LogP contribution in [0.15, 0.2) is 30.6 Å². The van der Waals surface area contributed by atoms with Crippen LogP contribution < -0.4 is 0 Å². The second-order valence-electron chi connectivity index (χ2n) is 5.25. The minimum atomic E-state index is -0.366. The predicted octanol–water partition coefficient (Wildman–Crippen LogP) is 3.06. The Balaban J connectivity index is 2.44. The molecule has 96 valence electrons. The first-order valence-electron chi connectivity index (χ1n) is 6.04. The first kappa shape index (κ1) is 14.3. The number of Topliss-reactive ketones (excluding diaryl/α,β-unsaturated/α-hetero) is 1. The highest BCUT2D eigenvalue weighted by atomic mass is 16.1. The van der Waals surface area contributed by atoms with Gasteiger partial charge in [-0.05, 0) is 23.8 Å². The van der Waals surface area contributed by atoms with Gasteiger partial charge in [-0.1, -0.05) is 26.8 Å². The van der Waals surface area contributed by atoms with Crippen molar-refractivity contribution in [2.24, 2.45) is 5.41 Å². The molecule has 0 unspecified atom stereocenters. The predicted molar refractivity (Wildman–Crippen MR) is 72.0 cm³/mol. The molecular formula is C15H19NO2. The summed E-state index contributed by atoms with van der Waals surface area (Å²) in [4.78, 5) is 27.1.